The Hall–Kier alpha value is -0.280. The molecule has 1 saturated heterocycles. The van der Waals surface area contributed by atoms with Crippen LogP contribution in [0, 0.1) is 5.92 Å². The van der Waals surface area contributed by atoms with Gasteiger partial charge in [0, 0.05) is 29.5 Å². The molecule has 0 radical (unpaired) electrons. The fourth-order valence-electron chi connectivity index (χ4n) is 4.55. The van der Waals surface area contributed by atoms with Crippen LogP contribution in [0.3, 0.4) is 0 Å². The van der Waals surface area contributed by atoms with E-state index in [1.165, 1.54) is 61.7 Å². The molecule has 1 aliphatic heterocycles. The molecule has 0 spiro atoms. The third-order valence-electron chi connectivity index (χ3n) is 5.79. The Morgan fingerprint density at radius 1 is 1.09 bits per heavy atom. The summed E-state index contributed by atoms with van der Waals surface area (Å²) < 4.78 is 1.20. The van der Waals surface area contributed by atoms with E-state index in [1.54, 1.807) is 0 Å². The van der Waals surface area contributed by atoms with E-state index in [1.807, 2.05) is 12.1 Å². The van der Waals surface area contributed by atoms with Crippen LogP contribution in [0.1, 0.15) is 44.1 Å². The van der Waals surface area contributed by atoms with E-state index >= 15 is 0 Å². The highest BCUT2D eigenvalue weighted by Gasteiger charge is 2.44. The Balaban J connectivity index is 1.85. The van der Waals surface area contributed by atoms with Crippen LogP contribution in [0.25, 0.3) is 0 Å². The van der Waals surface area contributed by atoms with Gasteiger partial charge in [0.2, 0.25) is 0 Å². The molecule has 2 atom stereocenters. The molecule has 3 rings (SSSR count). The molecule has 22 heavy (non-hydrogen) atoms. The Morgan fingerprint density at radius 3 is 2.50 bits per heavy atom. The molecule has 1 aromatic carbocycles. The molecule has 2 nitrogen and oxygen atoms in total. The quantitative estimate of drug-likeness (QED) is 0.794. The number of likely N-dealkylation sites (tertiary alicyclic amines) is 1. The van der Waals surface area contributed by atoms with E-state index < -0.39 is 0 Å². The highest BCUT2D eigenvalue weighted by molar-refractivity contribution is 6.35. The third kappa shape index (κ3) is 3.46. The molecule has 1 heterocycles. The van der Waals surface area contributed by atoms with E-state index in [2.05, 4.69) is 6.07 Å². The number of benzene rings is 1. The van der Waals surface area contributed by atoms with Gasteiger partial charge in [0.05, 0.1) is 24.2 Å². The van der Waals surface area contributed by atoms with Crippen molar-refractivity contribution in [2.24, 2.45) is 11.7 Å². The molecule has 1 saturated carbocycles. The van der Waals surface area contributed by atoms with E-state index in [0.29, 0.717) is 5.92 Å². The van der Waals surface area contributed by atoms with E-state index in [9.17, 15) is 0 Å². The molecular weight excluding hydrogens is 315 g/mol. The molecule has 1 unspecified atom stereocenters. The molecule has 2 N–H and O–H groups in total. The molecule has 122 valence electrons. The maximum absolute atomic E-state index is 6.46. The fourth-order valence-corrected chi connectivity index (χ4v) is 5.02. The normalized spacial score (nSPS) is 29.9. The molecule has 1 aromatic rings. The molecule has 0 amide bonds. The van der Waals surface area contributed by atoms with Gasteiger partial charge < -0.3 is 10.2 Å². The second kappa shape index (κ2) is 7.09. The number of hydrogen-bond donors (Lipinski definition) is 1. The zero-order valence-corrected chi connectivity index (χ0v) is 14.8. The number of hydrogen-bond acceptors (Lipinski definition) is 1. The predicted octanol–water partition coefficient (Wildman–Crippen LogP) is 4.62. The summed E-state index contributed by atoms with van der Waals surface area (Å²) >= 11 is 12.5. The van der Waals surface area contributed by atoms with E-state index in [4.69, 9.17) is 28.9 Å². The van der Waals surface area contributed by atoms with Crippen LogP contribution in [0.15, 0.2) is 18.2 Å². The van der Waals surface area contributed by atoms with Gasteiger partial charge in [-0.1, -0.05) is 35.7 Å². The maximum atomic E-state index is 6.46. The average molecular weight is 342 g/mol. The standard InChI is InChI=1S/C18H27Cl2N2/c19-16-7-6-15(18(20)10-16)13-22(9-8-14(11-21)12-22)17-4-2-1-3-5-17/h6-7,10,14,17H,1-5,8-9,11-13,21H2/q+1/t14-,22?/m0/s1. The van der Waals surface area contributed by atoms with Gasteiger partial charge in [-0.25, -0.2) is 0 Å². The molecule has 0 aromatic heterocycles. The van der Waals surface area contributed by atoms with Crippen LogP contribution >= 0.6 is 23.2 Å². The first kappa shape index (κ1) is 16.6. The molecule has 0 bridgehead atoms. The monoisotopic (exact) mass is 341 g/mol. The summed E-state index contributed by atoms with van der Waals surface area (Å²) in [6.45, 7) is 4.34. The summed E-state index contributed by atoms with van der Waals surface area (Å²) in [4.78, 5) is 0. The number of rotatable bonds is 4. The lowest BCUT2D eigenvalue weighted by Crippen LogP contribution is -2.54. The van der Waals surface area contributed by atoms with Crippen LogP contribution in [0.2, 0.25) is 10.0 Å². The Labute approximate surface area is 144 Å². The van der Waals surface area contributed by atoms with E-state index in [-0.39, 0.29) is 0 Å². The predicted molar refractivity (Wildman–Crippen MR) is 94.2 cm³/mol. The average Bonchev–Trinajstić information content (AvgIpc) is 2.96. The Kier molecular flexibility index (Phi) is 5.34. The summed E-state index contributed by atoms with van der Waals surface area (Å²) in [5, 5.41) is 1.54. The lowest BCUT2D eigenvalue weighted by atomic mass is 9.91. The van der Waals surface area contributed by atoms with Crippen LogP contribution < -0.4 is 5.73 Å². The van der Waals surface area contributed by atoms with Crippen LogP contribution in [0.4, 0.5) is 0 Å². The van der Waals surface area contributed by atoms with Crippen molar-refractivity contribution in [3.63, 3.8) is 0 Å². The van der Waals surface area contributed by atoms with Gasteiger partial charge in [-0.15, -0.1) is 0 Å². The molecular formula is C18H27Cl2N2+. The fraction of sp³-hybridized carbons (Fsp3) is 0.667. The van der Waals surface area contributed by atoms with Gasteiger partial charge in [0.1, 0.15) is 6.54 Å². The van der Waals surface area contributed by atoms with Crippen molar-refractivity contribution in [3.8, 4) is 0 Å². The second-order valence-corrected chi connectivity index (χ2v) is 8.04. The summed E-state index contributed by atoms with van der Waals surface area (Å²) in [6, 6.07) is 6.75. The first-order valence-corrected chi connectivity index (χ1v) is 9.38. The summed E-state index contributed by atoms with van der Waals surface area (Å²) in [5.74, 6) is 0.674. The second-order valence-electron chi connectivity index (χ2n) is 7.20. The highest BCUT2D eigenvalue weighted by atomic mass is 35.5. The smallest absolute Gasteiger partial charge is 0.106 e. The molecule has 1 aliphatic carbocycles. The Bertz CT molecular complexity index is 514. The molecule has 2 aliphatic rings. The number of quaternary nitrogens is 1. The van der Waals surface area contributed by atoms with Gasteiger partial charge in [0.25, 0.3) is 0 Å². The molecule has 2 fully saturated rings. The van der Waals surface area contributed by atoms with Crippen molar-refractivity contribution in [2.75, 3.05) is 19.6 Å². The number of nitrogens with zero attached hydrogens (tertiary/aromatic N) is 1. The van der Waals surface area contributed by atoms with Crippen LogP contribution in [-0.2, 0) is 6.54 Å². The lowest BCUT2D eigenvalue weighted by molar-refractivity contribution is -0.955. The largest absolute Gasteiger partial charge is 0.330 e. The summed E-state index contributed by atoms with van der Waals surface area (Å²) in [6.07, 6.45) is 8.15. The van der Waals surface area contributed by atoms with Crippen molar-refractivity contribution in [1.29, 1.82) is 0 Å². The van der Waals surface area contributed by atoms with Gasteiger partial charge in [-0.2, -0.15) is 0 Å². The SMILES string of the molecule is NC[C@@H]1CC[N+](Cc2ccc(Cl)cc2Cl)(C2CCCCC2)C1. The minimum absolute atomic E-state index is 0.674. The van der Waals surface area contributed by atoms with Crippen LogP contribution in [0.5, 0.6) is 0 Å². The third-order valence-corrected chi connectivity index (χ3v) is 6.37. The topological polar surface area (TPSA) is 26.0 Å². The van der Waals surface area contributed by atoms with Gasteiger partial charge in [-0.3, -0.25) is 0 Å². The summed E-state index contributed by atoms with van der Waals surface area (Å²) in [5.41, 5.74) is 7.22. The highest BCUT2D eigenvalue weighted by Crippen LogP contribution is 2.38. The lowest BCUT2D eigenvalue weighted by Gasteiger charge is -2.44. The maximum Gasteiger partial charge on any atom is 0.106 e. The van der Waals surface area contributed by atoms with E-state index in [0.717, 1.165) is 29.2 Å². The van der Waals surface area contributed by atoms with Crippen molar-refractivity contribution in [1.82, 2.24) is 0 Å². The minimum Gasteiger partial charge on any atom is -0.330 e. The van der Waals surface area contributed by atoms with Crippen molar-refractivity contribution in [2.45, 2.75) is 51.1 Å². The van der Waals surface area contributed by atoms with Crippen molar-refractivity contribution in [3.05, 3.63) is 33.8 Å². The summed E-state index contributed by atoms with van der Waals surface area (Å²) in [7, 11) is 0. The van der Waals surface area contributed by atoms with Crippen LogP contribution in [-0.4, -0.2) is 30.2 Å². The first-order valence-electron chi connectivity index (χ1n) is 8.63. The van der Waals surface area contributed by atoms with Gasteiger partial charge >= 0.3 is 0 Å². The van der Waals surface area contributed by atoms with Gasteiger partial charge in [-0.05, 0) is 37.8 Å². The number of nitrogens with two attached hydrogens (primary N) is 1. The van der Waals surface area contributed by atoms with Crippen molar-refractivity contribution >= 4 is 23.2 Å². The Morgan fingerprint density at radius 2 is 1.86 bits per heavy atom. The first-order chi connectivity index (χ1) is 10.6. The zero-order chi connectivity index (χ0) is 15.6. The number of halogens is 2. The van der Waals surface area contributed by atoms with Crippen molar-refractivity contribution < 1.29 is 4.48 Å². The zero-order valence-electron chi connectivity index (χ0n) is 13.2. The molecule has 4 heteroatoms. The van der Waals surface area contributed by atoms with Gasteiger partial charge in [0.15, 0.2) is 0 Å². The minimum atomic E-state index is 0.674.